The first-order valence-corrected chi connectivity index (χ1v) is 3.44. The highest BCUT2D eigenvalue weighted by Crippen LogP contribution is 2.16. The fraction of sp³-hybridized carbons (Fsp3) is 0. The van der Waals surface area contributed by atoms with E-state index < -0.39 is 0 Å². The van der Waals surface area contributed by atoms with Crippen LogP contribution in [0.4, 0.5) is 10.1 Å². The van der Waals surface area contributed by atoms with Crippen molar-refractivity contribution in [2.45, 2.75) is 0 Å². The number of hydrogen-bond donors (Lipinski definition) is 0. The van der Waals surface area contributed by atoms with Gasteiger partial charge in [-0.25, -0.2) is 4.39 Å². The summed E-state index contributed by atoms with van der Waals surface area (Å²) in [6, 6.07) is 4.06. The summed E-state index contributed by atoms with van der Waals surface area (Å²) in [7, 11) is 0. The Morgan fingerprint density at radius 1 is 1.44 bits per heavy atom. The maximum atomic E-state index is 12.3. The lowest BCUT2D eigenvalue weighted by molar-refractivity contribution is 0.627. The van der Waals surface area contributed by atoms with Gasteiger partial charge in [-0.05, 0) is 40.8 Å². The highest BCUT2D eigenvalue weighted by Gasteiger charge is 1.95. The molecular weight excluding hydrogens is 232 g/mol. The highest BCUT2D eigenvalue weighted by atomic mass is 127. The van der Waals surface area contributed by atoms with E-state index in [0.29, 0.717) is 9.26 Å². The first-order chi connectivity index (χ1) is 4.20. The van der Waals surface area contributed by atoms with Crippen molar-refractivity contribution >= 4 is 28.3 Å². The molecule has 0 aliphatic rings. The van der Waals surface area contributed by atoms with E-state index in [1.165, 1.54) is 18.2 Å². The molecule has 0 amide bonds. The molecule has 3 heteroatoms. The van der Waals surface area contributed by atoms with Gasteiger partial charge >= 0.3 is 0 Å². The van der Waals surface area contributed by atoms with Crippen LogP contribution >= 0.6 is 22.6 Å². The van der Waals surface area contributed by atoms with Crippen molar-refractivity contribution < 1.29 is 4.39 Å². The fourth-order valence-corrected chi connectivity index (χ4v) is 0.967. The van der Waals surface area contributed by atoms with Gasteiger partial charge in [0, 0.05) is 3.57 Å². The predicted molar refractivity (Wildman–Crippen MR) is 41.9 cm³/mol. The van der Waals surface area contributed by atoms with E-state index >= 15 is 0 Å². The van der Waals surface area contributed by atoms with Gasteiger partial charge in [0.2, 0.25) is 0 Å². The van der Waals surface area contributed by atoms with Gasteiger partial charge in [0.1, 0.15) is 5.82 Å². The number of benzene rings is 1. The molecule has 0 aromatic heterocycles. The lowest BCUT2D eigenvalue weighted by Crippen LogP contribution is -1.78. The monoisotopic (exact) mass is 236 g/mol. The molecule has 1 radical (unpaired) electrons. The fourth-order valence-electron chi connectivity index (χ4n) is 0.489. The highest BCUT2D eigenvalue weighted by molar-refractivity contribution is 14.1. The van der Waals surface area contributed by atoms with Crippen LogP contribution in [0, 0.1) is 9.39 Å². The largest absolute Gasteiger partial charge is 0.300 e. The standard InChI is InChI=1S/C6H4FIN/c7-4-1-2-6(9)5(8)3-4/h1-3,9H. The Balaban J connectivity index is 3.17. The summed E-state index contributed by atoms with van der Waals surface area (Å²) in [4.78, 5) is 0. The molecule has 0 aliphatic heterocycles. The van der Waals surface area contributed by atoms with Crippen LogP contribution in [-0.2, 0) is 0 Å². The lowest BCUT2D eigenvalue weighted by Gasteiger charge is -1.93. The summed E-state index contributed by atoms with van der Waals surface area (Å²) >= 11 is 1.92. The predicted octanol–water partition coefficient (Wildman–Crippen LogP) is 2.34. The summed E-state index contributed by atoms with van der Waals surface area (Å²) in [5, 5.41) is 0. The van der Waals surface area contributed by atoms with E-state index in [0.717, 1.165) is 0 Å². The molecule has 0 aliphatic carbocycles. The molecule has 0 fully saturated rings. The number of halogens is 2. The topological polar surface area (TPSA) is 23.8 Å². The third-order valence-electron chi connectivity index (χ3n) is 0.931. The van der Waals surface area contributed by atoms with Crippen LogP contribution in [0.3, 0.4) is 0 Å². The van der Waals surface area contributed by atoms with E-state index in [4.69, 9.17) is 5.73 Å². The molecule has 9 heavy (non-hydrogen) atoms. The maximum absolute atomic E-state index is 12.3. The van der Waals surface area contributed by atoms with E-state index in [2.05, 4.69) is 0 Å². The van der Waals surface area contributed by atoms with Gasteiger partial charge in [0.15, 0.2) is 0 Å². The van der Waals surface area contributed by atoms with Crippen LogP contribution in [0.15, 0.2) is 18.2 Å². The molecule has 47 valence electrons. The minimum Gasteiger partial charge on any atom is -0.300 e. The third kappa shape index (κ3) is 1.54. The zero-order chi connectivity index (χ0) is 6.85. The van der Waals surface area contributed by atoms with Crippen molar-refractivity contribution in [1.29, 1.82) is 0 Å². The van der Waals surface area contributed by atoms with Crippen LogP contribution in [0.25, 0.3) is 0 Å². The van der Waals surface area contributed by atoms with Crippen LogP contribution in [-0.4, -0.2) is 0 Å². The van der Waals surface area contributed by atoms with E-state index in [9.17, 15) is 4.39 Å². The second-order valence-corrected chi connectivity index (χ2v) is 2.79. The Morgan fingerprint density at radius 3 is 2.56 bits per heavy atom. The average molecular weight is 236 g/mol. The molecule has 0 saturated carbocycles. The Labute approximate surface area is 66.2 Å². The van der Waals surface area contributed by atoms with E-state index in [1.807, 2.05) is 22.6 Å². The average Bonchev–Trinajstić information content (AvgIpc) is 1.80. The molecular formula is C6H4FIN. The number of nitrogens with one attached hydrogen (secondary N) is 1. The van der Waals surface area contributed by atoms with Crippen LogP contribution < -0.4 is 5.73 Å². The quantitative estimate of drug-likeness (QED) is 0.617. The molecule has 0 atom stereocenters. The Morgan fingerprint density at radius 2 is 2.11 bits per heavy atom. The molecule has 0 bridgehead atoms. The van der Waals surface area contributed by atoms with Crippen molar-refractivity contribution in [3.05, 3.63) is 27.6 Å². The molecule has 1 aromatic rings. The number of rotatable bonds is 0. The lowest BCUT2D eigenvalue weighted by atomic mass is 10.3. The van der Waals surface area contributed by atoms with Crippen molar-refractivity contribution in [2.75, 3.05) is 0 Å². The Hall–Kier alpha value is -0.320. The third-order valence-corrected chi connectivity index (χ3v) is 1.82. The second-order valence-electron chi connectivity index (χ2n) is 1.62. The van der Waals surface area contributed by atoms with Crippen molar-refractivity contribution in [1.82, 2.24) is 5.73 Å². The van der Waals surface area contributed by atoms with Crippen LogP contribution in [0.5, 0.6) is 0 Å². The van der Waals surface area contributed by atoms with Gasteiger partial charge in [-0.1, -0.05) is 0 Å². The zero-order valence-electron chi connectivity index (χ0n) is 4.49. The molecule has 1 nitrogen and oxygen atoms in total. The van der Waals surface area contributed by atoms with Gasteiger partial charge in [-0.2, -0.15) is 0 Å². The molecule has 0 saturated heterocycles. The second kappa shape index (κ2) is 2.51. The van der Waals surface area contributed by atoms with Gasteiger partial charge in [-0.3, -0.25) is 5.73 Å². The SMILES string of the molecule is [NH]c1ccc(F)cc1I. The Bertz CT molecular complexity index is 224. The molecule has 1 aromatic carbocycles. The first kappa shape index (κ1) is 6.80. The zero-order valence-corrected chi connectivity index (χ0v) is 6.65. The summed E-state index contributed by atoms with van der Waals surface area (Å²) in [5.74, 6) is -0.282. The van der Waals surface area contributed by atoms with Gasteiger partial charge in [-0.15, -0.1) is 0 Å². The molecule has 1 rings (SSSR count). The van der Waals surface area contributed by atoms with Crippen molar-refractivity contribution in [2.24, 2.45) is 0 Å². The van der Waals surface area contributed by atoms with Gasteiger partial charge in [0.25, 0.3) is 0 Å². The minimum atomic E-state index is -0.282. The molecule has 0 spiro atoms. The smallest absolute Gasteiger partial charge is 0.124 e. The van der Waals surface area contributed by atoms with Crippen LogP contribution in [0.1, 0.15) is 0 Å². The Kier molecular flexibility index (Phi) is 1.90. The van der Waals surface area contributed by atoms with E-state index in [-0.39, 0.29) is 5.82 Å². The van der Waals surface area contributed by atoms with Crippen molar-refractivity contribution in [3.8, 4) is 0 Å². The molecule has 0 unspecified atom stereocenters. The summed E-state index contributed by atoms with van der Waals surface area (Å²) < 4.78 is 12.9. The minimum absolute atomic E-state index is 0.282. The maximum Gasteiger partial charge on any atom is 0.124 e. The summed E-state index contributed by atoms with van der Waals surface area (Å²) in [6.07, 6.45) is 0. The van der Waals surface area contributed by atoms with Gasteiger partial charge < -0.3 is 0 Å². The van der Waals surface area contributed by atoms with Crippen molar-refractivity contribution in [3.63, 3.8) is 0 Å². The normalized spacial score (nSPS) is 9.56. The molecule has 0 heterocycles. The summed E-state index contributed by atoms with van der Waals surface area (Å²) in [6.45, 7) is 0. The number of hydrogen-bond acceptors (Lipinski definition) is 0. The van der Waals surface area contributed by atoms with E-state index in [1.54, 1.807) is 0 Å². The van der Waals surface area contributed by atoms with Crippen LogP contribution in [0.2, 0.25) is 0 Å². The molecule has 1 N–H and O–H groups in total. The van der Waals surface area contributed by atoms with Gasteiger partial charge in [0.05, 0.1) is 5.69 Å². The first-order valence-electron chi connectivity index (χ1n) is 2.37. The summed E-state index contributed by atoms with van der Waals surface area (Å²) in [5.41, 5.74) is 7.51.